The highest BCUT2D eigenvalue weighted by Crippen LogP contribution is 2.22. The van der Waals surface area contributed by atoms with Crippen LogP contribution >= 0.6 is 0 Å². The van der Waals surface area contributed by atoms with Crippen LogP contribution in [0.5, 0.6) is 0 Å². The molecule has 1 fully saturated rings. The number of benzene rings is 2. The van der Waals surface area contributed by atoms with Gasteiger partial charge in [-0.15, -0.1) is 0 Å². The first kappa shape index (κ1) is 15.7. The third kappa shape index (κ3) is 2.99. The van der Waals surface area contributed by atoms with Crippen LogP contribution in [0.25, 0.3) is 0 Å². The normalized spacial score (nSPS) is 16.9. The zero-order valence-electron chi connectivity index (χ0n) is 13.4. The highest BCUT2D eigenvalue weighted by Gasteiger charge is 2.36. The fourth-order valence-electron chi connectivity index (χ4n) is 2.47. The maximum Gasteiger partial charge on any atom is 0.324 e. The second kappa shape index (κ2) is 6.16. The SMILES string of the molecule is Cc1ccc(C(=O)Nc2ccc(C3NC(=O)N(C)C3=O)cc2)cc1. The molecule has 1 aliphatic rings. The van der Waals surface area contributed by atoms with E-state index in [1.807, 2.05) is 19.1 Å². The number of carbonyl (C=O) groups is 3. The molecular weight excluding hydrogens is 306 g/mol. The molecule has 0 bridgehead atoms. The van der Waals surface area contributed by atoms with Crippen LogP contribution in [0.4, 0.5) is 10.5 Å². The number of carbonyl (C=O) groups excluding carboxylic acids is 3. The Morgan fingerprint density at radius 1 is 1.04 bits per heavy atom. The lowest BCUT2D eigenvalue weighted by atomic mass is 10.1. The van der Waals surface area contributed by atoms with E-state index in [0.29, 0.717) is 16.8 Å². The Bertz CT molecular complexity index is 797. The number of aryl methyl sites for hydroxylation is 1. The van der Waals surface area contributed by atoms with Crippen LogP contribution < -0.4 is 10.6 Å². The summed E-state index contributed by atoms with van der Waals surface area (Å²) < 4.78 is 0. The third-order valence-corrected chi connectivity index (χ3v) is 3.97. The van der Waals surface area contributed by atoms with Crippen LogP contribution in [0.3, 0.4) is 0 Å². The van der Waals surface area contributed by atoms with Crippen LogP contribution in [0.15, 0.2) is 48.5 Å². The maximum absolute atomic E-state index is 12.2. The lowest BCUT2D eigenvalue weighted by molar-refractivity contribution is -0.126. The summed E-state index contributed by atoms with van der Waals surface area (Å²) in [7, 11) is 1.44. The summed E-state index contributed by atoms with van der Waals surface area (Å²) in [6, 6.07) is 13.0. The van der Waals surface area contributed by atoms with Gasteiger partial charge in [0.05, 0.1) is 0 Å². The molecule has 1 unspecified atom stereocenters. The molecule has 1 heterocycles. The van der Waals surface area contributed by atoms with E-state index in [1.54, 1.807) is 36.4 Å². The van der Waals surface area contributed by atoms with E-state index in [0.717, 1.165) is 10.5 Å². The van der Waals surface area contributed by atoms with Gasteiger partial charge in [-0.05, 0) is 36.8 Å². The van der Waals surface area contributed by atoms with Crippen molar-refractivity contribution in [2.75, 3.05) is 12.4 Å². The van der Waals surface area contributed by atoms with E-state index < -0.39 is 12.1 Å². The first-order valence-electron chi connectivity index (χ1n) is 7.52. The summed E-state index contributed by atoms with van der Waals surface area (Å²) in [4.78, 5) is 36.7. The number of likely N-dealkylation sites (N-methyl/N-ethyl adjacent to an activating group) is 1. The van der Waals surface area contributed by atoms with Gasteiger partial charge in [-0.1, -0.05) is 29.8 Å². The molecule has 1 atom stereocenters. The average Bonchev–Trinajstić information content (AvgIpc) is 2.84. The Labute approximate surface area is 139 Å². The Hall–Kier alpha value is -3.15. The number of urea groups is 1. The minimum absolute atomic E-state index is 0.201. The molecule has 1 aliphatic heterocycles. The number of hydrogen-bond acceptors (Lipinski definition) is 3. The van der Waals surface area contributed by atoms with E-state index in [-0.39, 0.29) is 11.8 Å². The highest BCUT2D eigenvalue weighted by molar-refractivity contribution is 6.05. The Morgan fingerprint density at radius 3 is 2.21 bits per heavy atom. The molecule has 4 amide bonds. The van der Waals surface area contributed by atoms with Crippen molar-refractivity contribution in [3.05, 3.63) is 65.2 Å². The summed E-state index contributed by atoms with van der Waals surface area (Å²) in [5.74, 6) is -0.496. The predicted octanol–water partition coefficient (Wildman–Crippen LogP) is 2.47. The van der Waals surface area contributed by atoms with E-state index in [1.165, 1.54) is 7.05 Å². The summed E-state index contributed by atoms with van der Waals surface area (Å²) in [5, 5.41) is 5.41. The Morgan fingerprint density at radius 2 is 1.67 bits per heavy atom. The average molecular weight is 323 g/mol. The van der Waals surface area contributed by atoms with Crippen molar-refractivity contribution < 1.29 is 14.4 Å². The number of rotatable bonds is 3. The quantitative estimate of drug-likeness (QED) is 0.852. The molecule has 0 aliphatic carbocycles. The van der Waals surface area contributed by atoms with Gasteiger partial charge in [0.2, 0.25) is 0 Å². The van der Waals surface area contributed by atoms with Crippen LogP contribution in [-0.4, -0.2) is 29.8 Å². The molecular formula is C18H17N3O3. The van der Waals surface area contributed by atoms with Gasteiger partial charge in [0.15, 0.2) is 0 Å². The van der Waals surface area contributed by atoms with Crippen LogP contribution in [0.1, 0.15) is 27.5 Å². The van der Waals surface area contributed by atoms with Gasteiger partial charge < -0.3 is 10.6 Å². The van der Waals surface area contributed by atoms with Crippen LogP contribution in [-0.2, 0) is 4.79 Å². The minimum Gasteiger partial charge on any atom is -0.322 e. The molecule has 0 spiro atoms. The lowest BCUT2D eigenvalue weighted by Crippen LogP contribution is -2.25. The number of nitrogens with zero attached hydrogens (tertiary/aromatic N) is 1. The summed E-state index contributed by atoms with van der Waals surface area (Å²) in [5.41, 5.74) is 2.95. The summed E-state index contributed by atoms with van der Waals surface area (Å²) >= 11 is 0. The number of amides is 4. The Kier molecular flexibility index (Phi) is 4.04. The molecule has 24 heavy (non-hydrogen) atoms. The smallest absolute Gasteiger partial charge is 0.322 e. The molecule has 6 nitrogen and oxygen atoms in total. The van der Waals surface area contributed by atoms with Crippen molar-refractivity contribution in [1.29, 1.82) is 0 Å². The second-order valence-electron chi connectivity index (χ2n) is 5.72. The van der Waals surface area contributed by atoms with Gasteiger partial charge in [0.1, 0.15) is 6.04 Å². The standard InChI is InChI=1S/C18H17N3O3/c1-11-3-5-13(6-4-11)16(22)19-14-9-7-12(8-10-14)15-17(23)21(2)18(24)20-15/h3-10,15H,1-2H3,(H,19,22)(H,20,24). The van der Waals surface area contributed by atoms with Crippen molar-refractivity contribution >= 4 is 23.5 Å². The molecule has 122 valence electrons. The molecule has 2 aromatic rings. The van der Waals surface area contributed by atoms with Gasteiger partial charge in [0.25, 0.3) is 11.8 Å². The maximum atomic E-state index is 12.2. The highest BCUT2D eigenvalue weighted by atomic mass is 16.2. The zero-order valence-corrected chi connectivity index (χ0v) is 13.4. The lowest BCUT2D eigenvalue weighted by Gasteiger charge is -2.10. The third-order valence-electron chi connectivity index (χ3n) is 3.97. The second-order valence-corrected chi connectivity index (χ2v) is 5.72. The van der Waals surface area contributed by atoms with Gasteiger partial charge in [-0.25, -0.2) is 4.79 Å². The predicted molar refractivity (Wildman–Crippen MR) is 89.6 cm³/mol. The molecule has 0 aromatic heterocycles. The topological polar surface area (TPSA) is 78.5 Å². The van der Waals surface area contributed by atoms with E-state index >= 15 is 0 Å². The molecule has 2 N–H and O–H groups in total. The summed E-state index contributed by atoms with van der Waals surface area (Å²) in [6.07, 6.45) is 0. The zero-order chi connectivity index (χ0) is 17.3. The number of hydrogen-bond donors (Lipinski definition) is 2. The molecule has 3 rings (SSSR count). The first-order valence-corrected chi connectivity index (χ1v) is 7.52. The van der Waals surface area contributed by atoms with Crippen molar-refractivity contribution in [2.45, 2.75) is 13.0 Å². The van der Waals surface area contributed by atoms with Crippen LogP contribution in [0, 0.1) is 6.92 Å². The fourth-order valence-corrected chi connectivity index (χ4v) is 2.47. The van der Waals surface area contributed by atoms with Gasteiger partial charge in [-0.2, -0.15) is 0 Å². The first-order chi connectivity index (χ1) is 11.5. The molecule has 6 heteroatoms. The summed E-state index contributed by atoms with van der Waals surface area (Å²) in [6.45, 7) is 1.96. The minimum atomic E-state index is -0.677. The van der Waals surface area contributed by atoms with E-state index in [4.69, 9.17) is 0 Å². The largest absolute Gasteiger partial charge is 0.324 e. The van der Waals surface area contributed by atoms with Crippen LogP contribution in [0.2, 0.25) is 0 Å². The van der Waals surface area contributed by atoms with Crippen molar-refractivity contribution in [3.8, 4) is 0 Å². The van der Waals surface area contributed by atoms with Crippen molar-refractivity contribution in [2.24, 2.45) is 0 Å². The van der Waals surface area contributed by atoms with Crippen molar-refractivity contribution in [1.82, 2.24) is 10.2 Å². The number of imide groups is 1. The van der Waals surface area contributed by atoms with Gasteiger partial charge in [0, 0.05) is 18.3 Å². The van der Waals surface area contributed by atoms with Gasteiger partial charge >= 0.3 is 6.03 Å². The molecule has 0 saturated carbocycles. The molecule has 2 aromatic carbocycles. The van der Waals surface area contributed by atoms with E-state index in [9.17, 15) is 14.4 Å². The van der Waals surface area contributed by atoms with Crippen molar-refractivity contribution in [3.63, 3.8) is 0 Å². The van der Waals surface area contributed by atoms with Gasteiger partial charge in [-0.3, -0.25) is 14.5 Å². The van der Waals surface area contributed by atoms with E-state index in [2.05, 4.69) is 10.6 Å². The number of nitrogens with one attached hydrogen (secondary N) is 2. The Balaban J connectivity index is 1.71. The molecule has 0 radical (unpaired) electrons. The molecule has 1 saturated heterocycles. The number of anilines is 1. The fraction of sp³-hybridized carbons (Fsp3) is 0.167. The monoisotopic (exact) mass is 323 g/mol.